The molecule has 2 heterocycles. The summed E-state index contributed by atoms with van der Waals surface area (Å²) in [4.78, 5) is 8.18. The van der Waals surface area contributed by atoms with E-state index in [0.29, 0.717) is 18.5 Å². The molecule has 0 saturated heterocycles. The van der Waals surface area contributed by atoms with Gasteiger partial charge < -0.3 is 5.11 Å². The number of halogens is 3. The summed E-state index contributed by atoms with van der Waals surface area (Å²) < 4.78 is 38.9. The highest BCUT2D eigenvalue weighted by Crippen LogP contribution is 2.33. The smallest absolute Gasteiger partial charge is 0.416 e. The number of aliphatic hydroxyl groups excluding tert-OH is 1. The van der Waals surface area contributed by atoms with Gasteiger partial charge in [0.1, 0.15) is 5.76 Å². The van der Waals surface area contributed by atoms with Crippen molar-refractivity contribution in [2.24, 2.45) is 4.99 Å². The van der Waals surface area contributed by atoms with E-state index in [-0.39, 0.29) is 17.1 Å². The molecule has 0 unspecified atom stereocenters. The second-order valence-corrected chi connectivity index (χ2v) is 6.18. The predicted molar refractivity (Wildman–Crippen MR) is 86.3 cm³/mol. The molecule has 124 valence electrons. The normalized spacial score (nSPS) is 23.4. The van der Waals surface area contributed by atoms with Gasteiger partial charge in [-0.25, -0.2) is 0 Å². The molecular weight excluding hydrogens is 325 g/mol. The van der Waals surface area contributed by atoms with Gasteiger partial charge in [0.15, 0.2) is 0 Å². The van der Waals surface area contributed by atoms with Gasteiger partial charge >= 0.3 is 6.18 Å². The Morgan fingerprint density at radius 1 is 1.35 bits per heavy atom. The van der Waals surface area contributed by atoms with Crippen molar-refractivity contribution in [2.75, 3.05) is 0 Å². The Labute approximate surface area is 137 Å². The van der Waals surface area contributed by atoms with Gasteiger partial charge in [0.05, 0.1) is 10.6 Å². The summed E-state index contributed by atoms with van der Waals surface area (Å²) >= 11 is 1.28. The predicted octanol–water partition coefficient (Wildman–Crippen LogP) is 5.26. The molecule has 3 nitrogen and oxygen atoms in total. The lowest BCUT2D eigenvalue weighted by atomic mass is 10.1. The summed E-state index contributed by atoms with van der Waals surface area (Å²) in [6.07, 6.45) is 3.45. The molecule has 0 fully saturated rings. The second kappa shape index (κ2) is 7.68. The molecule has 23 heavy (non-hydrogen) atoms. The Kier molecular flexibility index (Phi) is 5.87. The molecule has 0 atom stereocenters. The molecule has 1 N–H and O–H groups in total. The number of rotatable bonds is 2. The van der Waals surface area contributed by atoms with Crippen molar-refractivity contribution in [2.45, 2.75) is 38.1 Å². The van der Waals surface area contributed by atoms with Gasteiger partial charge in [0.25, 0.3) is 0 Å². The van der Waals surface area contributed by atoms with Gasteiger partial charge in [-0.3, -0.25) is 9.98 Å². The fourth-order valence-corrected chi connectivity index (χ4v) is 3.19. The van der Waals surface area contributed by atoms with Crippen LogP contribution in [0.2, 0.25) is 0 Å². The molecule has 0 amide bonds. The van der Waals surface area contributed by atoms with Gasteiger partial charge in [-0.05, 0) is 43.9 Å². The number of aromatic nitrogens is 1. The highest BCUT2D eigenvalue weighted by molar-refractivity contribution is 8.13. The van der Waals surface area contributed by atoms with Crippen molar-refractivity contribution in [1.82, 2.24) is 4.98 Å². The standard InChI is InChI=1S/C16H17F3N2OS/c1-11-8-13(22)4-2-3-5-15(21-11)23-10-12-9-20-7-6-14(12)16(17,18)19/h4,6-9,22H,2-3,5,10H2,1H3/b11-8-,13-4+,21-15+. The molecule has 0 saturated carbocycles. The first-order valence-corrected chi connectivity index (χ1v) is 8.12. The molecule has 2 rings (SSSR count). The molecule has 0 aromatic carbocycles. The summed E-state index contributed by atoms with van der Waals surface area (Å²) in [5, 5.41) is 10.4. The number of allylic oxidation sites excluding steroid dienone is 3. The van der Waals surface area contributed by atoms with Crippen LogP contribution in [-0.2, 0) is 11.9 Å². The van der Waals surface area contributed by atoms with Gasteiger partial charge in [-0.15, -0.1) is 11.8 Å². The third-order valence-corrected chi connectivity index (χ3v) is 4.29. The van der Waals surface area contributed by atoms with Gasteiger partial charge in [0, 0.05) is 29.9 Å². The fraction of sp³-hybridized carbons (Fsp3) is 0.375. The van der Waals surface area contributed by atoms with Crippen LogP contribution in [0.5, 0.6) is 0 Å². The number of aliphatic imine (C=N–C) groups is 1. The minimum Gasteiger partial charge on any atom is -0.508 e. The van der Waals surface area contributed by atoms with Crippen molar-refractivity contribution in [1.29, 1.82) is 0 Å². The average Bonchev–Trinajstić information content (AvgIpc) is 2.55. The van der Waals surface area contributed by atoms with Gasteiger partial charge in [0.2, 0.25) is 0 Å². The van der Waals surface area contributed by atoms with E-state index in [1.54, 1.807) is 19.1 Å². The number of pyridine rings is 1. The van der Waals surface area contributed by atoms with E-state index in [9.17, 15) is 18.3 Å². The van der Waals surface area contributed by atoms with E-state index >= 15 is 0 Å². The van der Waals surface area contributed by atoms with E-state index in [4.69, 9.17) is 0 Å². The Morgan fingerprint density at radius 2 is 2.13 bits per heavy atom. The minimum absolute atomic E-state index is 0.148. The maximum atomic E-state index is 13.0. The van der Waals surface area contributed by atoms with Crippen LogP contribution >= 0.6 is 11.8 Å². The summed E-state index contributed by atoms with van der Waals surface area (Å²) in [6, 6.07) is 0.994. The Bertz CT molecular complexity index is 651. The third kappa shape index (κ3) is 5.42. The van der Waals surface area contributed by atoms with Crippen LogP contribution < -0.4 is 0 Å². The van der Waals surface area contributed by atoms with Crippen molar-refractivity contribution >= 4 is 16.8 Å². The summed E-state index contributed by atoms with van der Waals surface area (Å²) in [5.74, 6) is 0.331. The van der Waals surface area contributed by atoms with Gasteiger partial charge in [-0.2, -0.15) is 13.2 Å². The number of aliphatic hydroxyl groups is 1. The second-order valence-electron chi connectivity index (χ2n) is 5.13. The summed E-state index contributed by atoms with van der Waals surface area (Å²) in [7, 11) is 0. The first kappa shape index (κ1) is 17.6. The van der Waals surface area contributed by atoms with E-state index < -0.39 is 11.7 Å². The van der Waals surface area contributed by atoms with Crippen LogP contribution in [0.15, 0.2) is 47.1 Å². The highest BCUT2D eigenvalue weighted by atomic mass is 32.2. The third-order valence-electron chi connectivity index (χ3n) is 3.21. The maximum Gasteiger partial charge on any atom is 0.416 e. The molecule has 0 aliphatic carbocycles. The molecule has 1 aromatic heterocycles. The van der Waals surface area contributed by atoms with Gasteiger partial charge in [-0.1, -0.05) is 0 Å². The van der Waals surface area contributed by atoms with Crippen molar-refractivity contribution in [3.05, 3.63) is 53.2 Å². The zero-order valence-electron chi connectivity index (χ0n) is 12.6. The van der Waals surface area contributed by atoms with Crippen LogP contribution in [0.3, 0.4) is 0 Å². The van der Waals surface area contributed by atoms with Crippen molar-refractivity contribution < 1.29 is 18.3 Å². The SMILES string of the molecule is CC1=C/C(O)=C\CCC/C(SCc2cnccc2C(F)(F)F)=N\1. The lowest BCUT2D eigenvalue weighted by molar-refractivity contribution is -0.138. The molecule has 7 heteroatoms. The molecule has 0 spiro atoms. The largest absolute Gasteiger partial charge is 0.508 e. The van der Waals surface area contributed by atoms with Crippen LogP contribution in [0.1, 0.15) is 37.3 Å². The van der Waals surface area contributed by atoms with Crippen molar-refractivity contribution in [3.8, 4) is 0 Å². The molecule has 0 bridgehead atoms. The zero-order valence-corrected chi connectivity index (χ0v) is 13.4. The molecule has 0 radical (unpaired) electrons. The lowest BCUT2D eigenvalue weighted by Crippen LogP contribution is -2.09. The van der Waals surface area contributed by atoms with E-state index in [2.05, 4.69) is 9.98 Å². The Hall–Kier alpha value is -1.76. The quantitative estimate of drug-likeness (QED) is 0.797. The van der Waals surface area contributed by atoms with Crippen LogP contribution in [0.25, 0.3) is 0 Å². The Morgan fingerprint density at radius 3 is 2.87 bits per heavy atom. The van der Waals surface area contributed by atoms with E-state index in [0.717, 1.165) is 23.7 Å². The molecule has 1 aliphatic heterocycles. The highest BCUT2D eigenvalue weighted by Gasteiger charge is 2.33. The number of thioether (sulfide) groups is 1. The van der Waals surface area contributed by atoms with Crippen LogP contribution in [-0.4, -0.2) is 15.1 Å². The summed E-state index contributed by atoms with van der Waals surface area (Å²) in [6.45, 7) is 1.75. The Balaban J connectivity index is 2.14. The fourth-order valence-electron chi connectivity index (χ4n) is 2.15. The number of alkyl halides is 3. The zero-order chi connectivity index (χ0) is 16.9. The molecule has 1 aromatic rings. The van der Waals surface area contributed by atoms with Crippen molar-refractivity contribution in [3.63, 3.8) is 0 Å². The van der Waals surface area contributed by atoms with E-state index in [1.807, 2.05) is 0 Å². The maximum absolute atomic E-state index is 13.0. The lowest BCUT2D eigenvalue weighted by Gasteiger charge is -2.12. The topological polar surface area (TPSA) is 45.5 Å². The average molecular weight is 342 g/mol. The summed E-state index contributed by atoms with van der Waals surface area (Å²) in [5.41, 5.74) is 0.121. The first-order valence-electron chi connectivity index (χ1n) is 7.14. The number of hydrogen-bond donors (Lipinski definition) is 1. The monoisotopic (exact) mass is 342 g/mol. The minimum atomic E-state index is -4.38. The van der Waals surface area contributed by atoms with E-state index in [1.165, 1.54) is 18.0 Å². The van der Waals surface area contributed by atoms with Crippen LogP contribution in [0, 0.1) is 0 Å². The first-order chi connectivity index (χ1) is 10.9. The molecular formula is C16H17F3N2OS. The number of hydrogen-bond acceptors (Lipinski definition) is 4. The van der Waals surface area contributed by atoms with Crippen LogP contribution in [0.4, 0.5) is 13.2 Å². The molecule has 1 aliphatic rings. The number of nitrogens with zero attached hydrogens (tertiary/aromatic N) is 2.